The number of aromatic amines is 1. The summed E-state index contributed by atoms with van der Waals surface area (Å²) in [5.41, 5.74) is 2.13. The van der Waals surface area contributed by atoms with Gasteiger partial charge in [0.25, 0.3) is 0 Å². The first-order valence-corrected chi connectivity index (χ1v) is 7.35. The van der Waals surface area contributed by atoms with Gasteiger partial charge in [0.1, 0.15) is 0 Å². The van der Waals surface area contributed by atoms with Crippen LogP contribution < -0.4 is 5.32 Å². The number of fused-ring (bicyclic) bond motifs is 1. The van der Waals surface area contributed by atoms with Crippen molar-refractivity contribution in [1.82, 2.24) is 20.2 Å². The molecule has 0 amide bonds. The number of rotatable bonds is 4. The summed E-state index contributed by atoms with van der Waals surface area (Å²) in [5.74, 6) is 0.541. The Morgan fingerprint density at radius 2 is 2.10 bits per heavy atom. The Labute approximate surface area is 131 Å². The Bertz CT molecular complexity index is 784. The molecule has 3 rings (SSSR count). The average molecular weight is 322 g/mol. The summed E-state index contributed by atoms with van der Waals surface area (Å²) in [6.07, 6.45) is 2.67. The van der Waals surface area contributed by atoms with E-state index in [-0.39, 0.29) is 0 Å². The standard InChI is InChI=1S/C14H13Cl2N5/c1-2-5-17-14-19-12(10-7-18-21-13(10)20-14)9-6-8(15)3-4-11(9)16/h3-4,6-7H,2,5H2,1H3,(H2,17,18,19,20,21). The van der Waals surface area contributed by atoms with Crippen molar-refractivity contribution >= 4 is 40.2 Å². The second kappa shape index (κ2) is 5.87. The molecule has 0 atom stereocenters. The van der Waals surface area contributed by atoms with Gasteiger partial charge in [-0.2, -0.15) is 10.1 Å². The van der Waals surface area contributed by atoms with Crippen molar-refractivity contribution in [3.63, 3.8) is 0 Å². The first-order valence-electron chi connectivity index (χ1n) is 6.59. The molecule has 0 aliphatic heterocycles. The number of aromatic nitrogens is 4. The van der Waals surface area contributed by atoms with Crippen LogP contribution in [-0.4, -0.2) is 26.7 Å². The number of H-pyrrole nitrogens is 1. The topological polar surface area (TPSA) is 66.5 Å². The van der Waals surface area contributed by atoms with Crippen molar-refractivity contribution in [2.75, 3.05) is 11.9 Å². The summed E-state index contributed by atoms with van der Waals surface area (Å²) in [6, 6.07) is 5.30. The van der Waals surface area contributed by atoms with Crippen LogP contribution in [0.4, 0.5) is 5.95 Å². The normalized spacial score (nSPS) is 11.0. The van der Waals surface area contributed by atoms with Gasteiger partial charge in [-0.25, -0.2) is 4.98 Å². The van der Waals surface area contributed by atoms with E-state index in [1.165, 1.54) is 0 Å². The third-order valence-corrected chi connectivity index (χ3v) is 3.59. The molecule has 2 heterocycles. The summed E-state index contributed by atoms with van der Waals surface area (Å²) >= 11 is 12.4. The van der Waals surface area contributed by atoms with Crippen LogP contribution >= 0.6 is 23.2 Å². The largest absolute Gasteiger partial charge is 0.354 e. The Morgan fingerprint density at radius 3 is 2.90 bits per heavy atom. The maximum atomic E-state index is 6.28. The molecule has 0 radical (unpaired) electrons. The summed E-state index contributed by atoms with van der Waals surface area (Å²) < 4.78 is 0. The molecular weight excluding hydrogens is 309 g/mol. The lowest BCUT2D eigenvalue weighted by Crippen LogP contribution is -2.05. The molecule has 0 fully saturated rings. The monoisotopic (exact) mass is 321 g/mol. The van der Waals surface area contributed by atoms with E-state index in [0.717, 1.165) is 23.9 Å². The average Bonchev–Trinajstić information content (AvgIpc) is 2.95. The van der Waals surface area contributed by atoms with Gasteiger partial charge in [-0.3, -0.25) is 5.10 Å². The molecule has 21 heavy (non-hydrogen) atoms. The fourth-order valence-electron chi connectivity index (χ4n) is 2.04. The highest BCUT2D eigenvalue weighted by molar-refractivity contribution is 6.35. The number of anilines is 1. The van der Waals surface area contributed by atoms with E-state index in [9.17, 15) is 0 Å². The second-order valence-electron chi connectivity index (χ2n) is 4.58. The Morgan fingerprint density at radius 1 is 1.24 bits per heavy atom. The van der Waals surface area contributed by atoms with Gasteiger partial charge in [0, 0.05) is 17.1 Å². The molecule has 7 heteroatoms. The van der Waals surface area contributed by atoms with Gasteiger partial charge in [0.15, 0.2) is 5.65 Å². The molecule has 2 aromatic heterocycles. The van der Waals surface area contributed by atoms with E-state index >= 15 is 0 Å². The highest BCUT2D eigenvalue weighted by Crippen LogP contribution is 2.33. The smallest absolute Gasteiger partial charge is 0.225 e. The number of halogens is 2. The summed E-state index contributed by atoms with van der Waals surface area (Å²) in [5, 5.41) is 12.1. The van der Waals surface area contributed by atoms with Crippen LogP contribution in [0.2, 0.25) is 10.0 Å². The molecule has 3 aromatic rings. The molecular formula is C14H13Cl2N5. The Balaban J connectivity index is 2.19. The van der Waals surface area contributed by atoms with Crippen LogP contribution in [0.1, 0.15) is 13.3 Å². The summed E-state index contributed by atoms with van der Waals surface area (Å²) in [6.45, 7) is 2.87. The van der Waals surface area contributed by atoms with Gasteiger partial charge < -0.3 is 5.32 Å². The van der Waals surface area contributed by atoms with Crippen molar-refractivity contribution in [2.45, 2.75) is 13.3 Å². The molecule has 0 saturated heterocycles. The van der Waals surface area contributed by atoms with Gasteiger partial charge in [-0.05, 0) is 24.6 Å². The maximum Gasteiger partial charge on any atom is 0.225 e. The molecule has 5 nitrogen and oxygen atoms in total. The van der Waals surface area contributed by atoms with Gasteiger partial charge in [0.05, 0.1) is 22.3 Å². The molecule has 0 aliphatic rings. The minimum Gasteiger partial charge on any atom is -0.354 e. The number of hydrogen-bond acceptors (Lipinski definition) is 4. The minimum absolute atomic E-state index is 0.541. The zero-order valence-corrected chi connectivity index (χ0v) is 12.8. The lowest BCUT2D eigenvalue weighted by molar-refractivity contribution is 0.955. The predicted octanol–water partition coefficient (Wildman–Crippen LogP) is 4.15. The third-order valence-electron chi connectivity index (χ3n) is 3.03. The number of hydrogen-bond donors (Lipinski definition) is 2. The number of nitrogens with one attached hydrogen (secondary N) is 2. The van der Waals surface area contributed by atoms with Crippen LogP contribution in [0.3, 0.4) is 0 Å². The molecule has 0 bridgehead atoms. The van der Waals surface area contributed by atoms with Crippen molar-refractivity contribution in [1.29, 1.82) is 0 Å². The number of nitrogens with zero attached hydrogens (tertiary/aromatic N) is 3. The van der Waals surface area contributed by atoms with Gasteiger partial charge in [0.2, 0.25) is 5.95 Å². The Hall–Kier alpha value is -1.85. The van der Waals surface area contributed by atoms with Crippen LogP contribution in [-0.2, 0) is 0 Å². The minimum atomic E-state index is 0.541. The van der Waals surface area contributed by atoms with Gasteiger partial charge in [-0.1, -0.05) is 30.1 Å². The lowest BCUT2D eigenvalue weighted by Gasteiger charge is -2.09. The van der Waals surface area contributed by atoms with Crippen LogP contribution in [0, 0.1) is 0 Å². The molecule has 0 aliphatic carbocycles. The van der Waals surface area contributed by atoms with Gasteiger partial charge >= 0.3 is 0 Å². The molecule has 0 spiro atoms. The first kappa shape index (κ1) is 14.1. The molecule has 0 unspecified atom stereocenters. The Kier molecular flexibility index (Phi) is 3.94. The fraction of sp³-hybridized carbons (Fsp3) is 0.214. The van der Waals surface area contributed by atoms with E-state index in [1.807, 2.05) is 0 Å². The second-order valence-corrected chi connectivity index (χ2v) is 5.42. The molecule has 0 saturated carbocycles. The van der Waals surface area contributed by atoms with Crippen molar-refractivity contribution in [3.05, 3.63) is 34.4 Å². The molecule has 2 N–H and O–H groups in total. The first-order chi connectivity index (χ1) is 10.2. The third kappa shape index (κ3) is 2.80. The summed E-state index contributed by atoms with van der Waals surface area (Å²) in [7, 11) is 0. The number of benzene rings is 1. The molecule has 1 aromatic carbocycles. The van der Waals surface area contributed by atoms with E-state index < -0.39 is 0 Å². The zero-order valence-electron chi connectivity index (χ0n) is 11.3. The van der Waals surface area contributed by atoms with E-state index in [2.05, 4.69) is 32.4 Å². The van der Waals surface area contributed by atoms with E-state index in [4.69, 9.17) is 23.2 Å². The predicted molar refractivity (Wildman–Crippen MR) is 85.9 cm³/mol. The quantitative estimate of drug-likeness (QED) is 0.757. The van der Waals surface area contributed by atoms with Crippen LogP contribution in [0.25, 0.3) is 22.3 Å². The van der Waals surface area contributed by atoms with Gasteiger partial charge in [-0.15, -0.1) is 0 Å². The van der Waals surface area contributed by atoms with Crippen LogP contribution in [0.5, 0.6) is 0 Å². The van der Waals surface area contributed by atoms with Crippen molar-refractivity contribution in [3.8, 4) is 11.3 Å². The van der Waals surface area contributed by atoms with Crippen LogP contribution in [0.15, 0.2) is 24.4 Å². The van der Waals surface area contributed by atoms with E-state index in [0.29, 0.717) is 27.3 Å². The fourth-order valence-corrected chi connectivity index (χ4v) is 2.41. The lowest BCUT2D eigenvalue weighted by atomic mass is 10.1. The molecule has 108 valence electrons. The summed E-state index contributed by atoms with van der Waals surface area (Å²) in [4.78, 5) is 8.95. The SMILES string of the molecule is CCCNc1nc(-c2cc(Cl)ccc2Cl)c2cn[nH]c2n1. The highest BCUT2D eigenvalue weighted by atomic mass is 35.5. The van der Waals surface area contributed by atoms with Crippen molar-refractivity contribution < 1.29 is 0 Å². The highest BCUT2D eigenvalue weighted by Gasteiger charge is 2.14. The van der Waals surface area contributed by atoms with Crippen molar-refractivity contribution in [2.24, 2.45) is 0 Å². The zero-order chi connectivity index (χ0) is 14.8. The van der Waals surface area contributed by atoms with E-state index in [1.54, 1.807) is 24.4 Å². The maximum absolute atomic E-state index is 6.28.